The van der Waals surface area contributed by atoms with Gasteiger partial charge in [-0.3, -0.25) is 9.59 Å². The molecule has 1 aliphatic rings. The van der Waals surface area contributed by atoms with Crippen LogP contribution in [-0.2, 0) is 30.9 Å². The zero-order valence-corrected chi connectivity index (χ0v) is 19.3. The summed E-state index contributed by atoms with van der Waals surface area (Å²) in [6.07, 6.45) is 0.651. The summed E-state index contributed by atoms with van der Waals surface area (Å²) in [5.41, 5.74) is 2.88. The zero-order chi connectivity index (χ0) is 23.4. The Morgan fingerprint density at radius 1 is 1.15 bits per heavy atom. The minimum Gasteiger partial charge on any atom is -0.454 e. The van der Waals surface area contributed by atoms with Crippen LogP contribution in [0, 0.1) is 6.92 Å². The SMILES string of the molecule is COCc1c(C(=O)NCc2ccc3c(c2)OCO3)c(=O)cc(C)n1CCc1ccccc1Cl. The van der Waals surface area contributed by atoms with Crippen LogP contribution in [0.25, 0.3) is 0 Å². The fourth-order valence-electron chi connectivity index (χ4n) is 3.93. The predicted molar refractivity (Wildman–Crippen MR) is 125 cm³/mol. The van der Waals surface area contributed by atoms with E-state index in [9.17, 15) is 9.59 Å². The molecule has 1 amide bonds. The highest BCUT2D eigenvalue weighted by atomic mass is 35.5. The van der Waals surface area contributed by atoms with Crippen molar-refractivity contribution in [3.8, 4) is 11.5 Å². The lowest BCUT2D eigenvalue weighted by atomic mass is 10.1. The maximum Gasteiger partial charge on any atom is 0.257 e. The number of aromatic nitrogens is 1. The number of benzene rings is 2. The molecule has 0 atom stereocenters. The molecule has 33 heavy (non-hydrogen) atoms. The number of nitrogens with zero attached hydrogens (tertiary/aromatic N) is 1. The molecule has 1 aromatic heterocycles. The highest BCUT2D eigenvalue weighted by molar-refractivity contribution is 6.31. The number of aryl methyl sites for hydroxylation is 2. The smallest absolute Gasteiger partial charge is 0.257 e. The van der Waals surface area contributed by atoms with E-state index in [0.29, 0.717) is 35.2 Å². The van der Waals surface area contributed by atoms with Crippen molar-refractivity contribution in [2.24, 2.45) is 0 Å². The van der Waals surface area contributed by atoms with Crippen molar-refractivity contribution in [1.29, 1.82) is 0 Å². The summed E-state index contributed by atoms with van der Waals surface area (Å²) in [4.78, 5) is 25.9. The average Bonchev–Trinajstić information content (AvgIpc) is 3.26. The predicted octanol–water partition coefficient (Wildman–Crippen LogP) is 3.86. The van der Waals surface area contributed by atoms with Gasteiger partial charge in [0.05, 0.1) is 12.3 Å². The van der Waals surface area contributed by atoms with E-state index < -0.39 is 5.91 Å². The molecule has 0 saturated heterocycles. The molecule has 172 valence electrons. The van der Waals surface area contributed by atoms with Gasteiger partial charge in [-0.15, -0.1) is 0 Å². The lowest BCUT2D eigenvalue weighted by molar-refractivity contribution is 0.0942. The van der Waals surface area contributed by atoms with E-state index in [1.807, 2.05) is 47.9 Å². The van der Waals surface area contributed by atoms with Crippen molar-refractivity contribution in [2.75, 3.05) is 13.9 Å². The van der Waals surface area contributed by atoms with E-state index in [2.05, 4.69) is 5.32 Å². The fourth-order valence-corrected chi connectivity index (χ4v) is 4.16. The molecule has 0 unspecified atom stereocenters. The third-order valence-electron chi connectivity index (χ3n) is 5.59. The Bertz CT molecular complexity index is 1240. The van der Waals surface area contributed by atoms with Gasteiger partial charge in [-0.1, -0.05) is 35.9 Å². The second-order valence-corrected chi connectivity index (χ2v) is 8.18. The third-order valence-corrected chi connectivity index (χ3v) is 5.96. The van der Waals surface area contributed by atoms with Crippen LogP contribution < -0.4 is 20.2 Å². The number of methoxy groups -OCH3 is 1. The first-order chi connectivity index (χ1) is 16.0. The molecule has 4 rings (SSSR count). The van der Waals surface area contributed by atoms with Gasteiger partial charge in [0.15, 0.2) is 16.9 Å². The molecule has 0 fully saturated rings. The summed E-state index contributed by atoms with van der Waals surface area (Å²) < 4.78 is 18.0. The topological polar surface area (TPSA) is 78.8 Å². The first kappa shape index (κ1) is 22.9. The molecule has 7 nitrogen and oxygen atoms in total. The molecule has 0 saturated carbocycles. The molecular weight excluding hydrogens is 444 g/mol. The van der Waals surface area contributed by atoms with Gasteiger partial charge in [0.2, 0.25) is 6.79 Å². The molecule has 3 aromatic rings. The molecule has 0 bridgehead atoms. The largest absolute Gasteiger partial charge is 0.454 e. The summed E-state index contributed by atoms with van der Waals surface area (Å²) in [5, 5.41) is 3.54. The normalized spacial score (nSPS) is 12.1. The Kier molecular flexibility index (Phi) is 7.01. The van der Waals surface area contributed by atoms with E-state index in [0.717, 1.165) is 16.8 Å². The average molecular weight is 469 g/mol. The Balaban J connectivity index is 1.58. The Morgan fingerprint density at radius 2 is 1.94 bits per heavy atom. The minimum absolute atomic E-state index is 0.0855. The van der Waals surface area contributed by atoms with Crippen molar-refractivity contribution in [2.45, 2.75) is 33.0 Å². The number of hydrogen-bond donors (Lipinski definition) is 1. The highest BCUT2D eigenvalue weighted by Gasteiger charge is 2.21. The Morgan fingerprint density at radius 3 is 2.73 bits per heavy atom. The summed E-state index contributed by atoms with van der Waals surface area (Å²) in [5.74, 6) is 0.864. The third kappa shape index (κ3) is 5.05. The van der Waals surface area contributed by atoms with Gasteiger partial charge in [-0.05, 0) is 42.7 Å². The fraction of sp³-hybridized carbons (Fsp3) is 0.280. The summed E-state index contributed by atoms with van der Waals surface area (Å²) in [7, 11) is 1.54. The number of halogens is 1. The van der Waals surface area contributed by atoms with E-state index >= 15 is 0 Å². The zero-order valence-electron chi connectivity index (χ0n) is 18.5. The van der Waals surface area contributed by atoms with Crippen molar-refractivity contribution >= 4 is 17.5 Å². The van der Waals surface area contributed by atoms with Gasteiger partial charge in [-0.25, -0.2) is 0 Å². The molecule has 0 aliphatic carbocycles. The second-order valence-electron chi connectivity index (χ2n) is 7.77. The number of fused-ring (bicyclic) bond motifs is 1. The summed E-state index contributed by atoms with van der Waals surface area (Å²) in [6, 6.07) is 14.6. The second kappa shape index (κ2) is 10.1. The lowest BCUT2D eigenvalue weighted by Gasteiger charge is -2.20. The summed E-state index contributed by atoms with van der Waals surface area (Å²) in [6.45, 7) is 2.96. The van der Waals surface area contributed by atoms with Crippen molar-refractivity contribution in [3.05, 3.63) is 91.9 Å². The van der Waals surface area contributed by atoms with Crippen LogP contribution in [0.3, 0.4) is 0 Å². The van der Waals surface area contributed by atoms with Crippen LogP contribution in [0.1, 0.15) is 32.9 Å². The Hall–Kier alpha value is -3.29. The Labute approximate surface area is 196 Å². The minimum atomic E-state index is -0.448. The van der Waals surface area contributed by atoms with Crippen LogP contribution in [0.2, 0.25) is 5.02 Å². The van der Waals surface area contributed by atoms with E-state index in [4.69, 9.17) is 25.8 Å². The number of hydrogen-bond acceptors (Lipinski definition) is 5. The molecule has 0 spiro atoms. The molecular formula is C25H25ClN2O5. The number of carbonyl (C=O) groups excluding carboxylic acids is 1. The molecule has 0 radical (unpaired) electrons. The number of ether oxygens (including phenoxy) is 3. The van der Waals surface area contributed by atoms with Crippen LogP contribution in [0.15, 0.2) is 53.3 Å². The number of carbonyl (C=O) groups is 1. The monoisotopic (exact) mass is 468 g/mol. The summed E-state index contributed by atoms with van der Waals surface area (Å²) >= 11 is 6.31. The number of pyridine rings is 1. The van der Waals surface area contributed by atoms with Crippen LogP contribution in [0.4, 0.5) is 0 Å². The van der Waals surface area contributed by atoms with E-state index in [1.165, 1.54) is 6.07 Å². The van der Waals surface area contributed by atoms with Gasteiger partial charge in [0.1, 0.15) is 5.56 Å². The number of rotatable bonds is 8. The standard InChI is InChI=1S/C25H25ClN2O5/c1-16-11-21(29)24(25(30)27-13-17-7-8-22-23(12-17)33-15-32-22)20(14-31-2)28(16)10-9-18-5-3-4-6-19(18)26/h3-8,11-12H,9-10,13-15H2,1-2H3,(H,27,30). The molecule has 2 aromatic carbocycles. The van der Waals surface area contributed by atoms with Gasteiger partial charge >= 0.3 is 0 Å². The molecule has 2 heterocycles. The van der Waals surface area contributed by atoms with Gasteiger partial charge < -0.3 is 24.1 Å². The van der Waals surface area contributed by atoms with Gasteiger partial charge in [0, 0.05) is 37.0 Å². The number of nitrogens with one attached hydrogen (secondary N) is 1. The maximum absolute atomic E-state index is 13.1. The van der Waals surface area contributed by atoms with Crippen molar-refractivity contribution in [3.63, 3.8) is 0 Å². The van der Waals surface area contributed by atoms with E-state index in [-0.39, 0.29) is 30.9 Å². The van der Waals surface area contributed by atoms with E-state index in [1.54, 1.807) is 13.2 Å². The van der Waals surface area contributed by atoms with Crippen molar-refractivity contribution < 1.29 is 19.0 Å². The lowest BCUT2D eigenvalue weighted by Crippen LogP contribution is -2.33. The van der Waals surface area contributed by atoms with Crippen LogP contribution in [-0.4, -0.2) is 24.4 Å². The number of amides is 1. The first-order valence-electron chi connectivity index (χ1n) is 10.6. The van der Waals surface area contributed by atoms with Crippen LogP contribution >= 0.6 is 11.6 Å². The quantitative estimate of drug-likeness (QED) is 0.543. The van der Waals surface area contributed by atoms with Gasteiger partial charge in [0.25, 0.3) is 5.91 Å². The molecule has 8 heteroatoms. The first-order valence-corrected chi connectivity index (χ1v) is 11.0. The molecule has 1 N–H and O–H groups in total. The van der Waals surface area contributed by atoms with Crippen LogP contribution in [0.5, 0.6) is 11.5 Å². The molecule has 1 aliphatic heterocycles. The van der Waals surface area contributed by atoms with Crippen molar-refractivity contribution in [1.82, 2.24) is 9.88 Å². The highest BCUT2D eigenvalue weighted by Crippen LogP contribution is 2.32. The van der Waals surface area contributed by atoms with Gasteiger partial charge in [-0.2, -0.15) is 0 Å². The maximum atomic E-state index is 13.1.